The molecule has 0 saturated heterocycles. The van der Waals surface area contributed by atoms with E-state index in [4.69, 9.17) is 5.11 Å². The summed E-state index contributed by atoms with van der Waals surface area (Å²) in [5.74, 6) is -0.496. The van der Waals surface area contributed by atoms with E-state index in [2.05, 4.69) is 29.2 Å². The molecule has 0 aliphatic rings. The van der Waals surface area contributed by atoms with Crippen molar-refractivity contribution in [1.82, 2.24) is 4.90 Å². The second-order valence-electron chi connectivity index (χ2n) is 5.28. The van der Waals surface area contributed by atoms with Crippen LogP contribution in [0.25, 0.3) is 0 Å². The SMILES string of the molecule is CN(CCC(=O)O)CC(c1ccccc1)c1ccccc1. The Labute approximate surface area is 125 Å². The van der Waals surface area contributed by atoms with Gasteiger partial charge in [0.2, 0.25) is 0 Å². The third kappa shape index (κ3) is 4.72. The van der Waals surface area contributed by atoms with Crippen molar-refractivity contribution in [2.24, 2.45) is 0 Å². The zero-order valence-corrected chi connectivity index (χ0v) is 12.3. The highest BCUT2D eigenvalue weighted by Gasteiger charge is 2.16. The maximum atomic E-state index is 10.7. The van der Waals surface area contributed by atoms with E-state index in [0.717, 1.165) is 6.54 Å². The van der Waals surface area contributed by atoms with Crippen LogP contribution < -0.4 is 0 Å². The van der Waals surface area contributed by atoms with Crippen molar-refractivity contribution in [3.8, 4) is 0 Å². The molecule has 0 aromatic heterocycles. The van der Waals surface area contributed by atoms with Crippen molar-refractivity contribution in [3.63, 3.8) is 0 Å². The Morgan fingerprint density at radius 1 is 1.00 bits per heavy atom. The van der Waals surface area contributed by atoms with E-state index in [-0.39, 0.29) is 12.3 Å². The molecule has 0 aliphatic heterocycles. The zero-order valence-electron chi connectivity index (χ0n) is 12.3. The minimum atomic E-state index is -0.752. The molecule has 2 rings (SSSR count). The van der Waals surface area contributed by atoms with Crippen molar-refractivity contribution in [2.45, 2.75) is 12.3 Å². The van der Waals surface area contributed by atoms with Crippen molar-refractivity contribution < 1.29 is 9.90 Å². The summed E-state index contributed by atoms with van der Waals surface area (Å²) in [6.45, 7) is 1.37. The summed E-state index contributed by atoms with van der Waals surface area (Å²) < 4.78 is 0. The number of likely N-dealkylation sites (N-methyl/N-ethyl adjacent to an activating group) is 1. The van der Waals surface area contributed by atoms with Crippen molar-refractivity contribution in [3.05, 3.63) is 71.8 Å². The molecule has 0 unspecified atom stereocenters. The third-order valence-electron chi connectivity index (χ3n) is 3.61. The number of benzene rings is 2. The lowest BCUT2D eigenvalue weighted by molar-refractivity contribution is -0.137. The number of nitrogens with zero attached hydrogens (tertiary/aromatic N) is 1. The summed E-state index contributed by atoms with van der Waals surface area (Å²) in [6.07, 6.45) is 0.173. The minimum Gasteiger partial charge on any atom is -0.481 e. The average molecular weight is 283 g/mol. The van der Waals surface area contributed by atoms with E-state index in [1.54, 1.807) is 0 Å². The summed E-state index contributed by atoms with van der Waals surface area (Å²) in [4.78, 5) is 12.8. The van der Waals surface area contributed by atoms with E-state index in [1.165, 1.54) is 11.1 Å². The molecular weight excluding hydrogens is 262 g/mol. The molecule has 2 aromatic rings. The van der Waals surface area contributed by atoms with Crippen molar-refractivity contribution in [2.75, 3.05) is 20.1 Å². The van der Waals surface area contributed by atoms with Crippen LogP contribution in [0, 0.1) is 0 Å². The largest absolute Gasteiger partial charge is 0.481 e. The maximum absolute atomic E-state index is 10.7. The van der Waals surface area contributed by atoms with Crippen LogP contribution >= 0.6 is 0 Å². The van der Waals surface area contributed by atoms with Gasteiger partial charge >= 0.3 is 5.97 Å². The van der Waals surface area contributed by atoms with Crippen LogP contribution in [0.4, 0.5) is 0 Å². The number of hydrogen-bond donors (Lipinski definition) is 1. The maximum Gasteiger partial charge on any atom is 0.304 e. The summed E-state index contributed by atoms with van der Waals surface area (Å²) in [5.41, 5.74) is 2.51. The Morgan fingerprint density at radius 2 is 1.48 bits per heavy atom. The molecule has 0 amide bonds. The minimum absolute atomic E-state index is 0.173. The number of hydrogen-bond acceptors (Lipinski definition) is 2. The van der Waals surface area contributed by atoms with Gasteiger partial charge in [-0.05, 0) is 18.2 Å². The normalized spacial score (nSPS) is 11.0. The first-order valence-corrected chi connectivity index (χ1v) is 7.17. The van der Waals surface area contributed by atoms with Gasteiger partial charge in [0.1, 0.15) is 0 Å². The lowest BCUT2D eigenvalue weighted by Crippen LogP contribution is -2.27. The van der Waals surface area contributed by atoms with Gasteiger partial charge in [0.15, 0.2) is 0 Å². The Balaban J connectivity index is 2.15. The van der Waals surface area contributed by atoms with E-state index in [1.807, 2.05) is 43.4 Å². The van der Waals surface area contributed by atoms with Crippen LogP contribution in [0.2, 0.25) is 0 Å². The smallest absolute Gasteiger partial charge is 0.304 e. The molecule has 110 valence electrons. The van der Waals surface area contributed by atoms with Crippen molar-refractivity contribution in [1.29, 1.82) is 0 Å². The van der Waals surface area contributed by atoms with Crippen molar-refractivity contribution >= 4 is 5.97 Å². The van der Waals surface area contributed by atoms with E-state index < -0.39 is 5.97 Å². The number of rotatable bonds is 7. The number of carboxylic acids is 1. The fourth-order valence-corrected chi connectivity index (χ4v) is 2.46. The highest BCUT2D eigenvalue weighted by molar-refractivity contribution is 5.66. The third-order valence-corrected chi connectivity index (χ3v) is 3.61. The molecular formula is C18H21NO2. The lowest BCUT2D eigenvalue weighted by atomic mass is 9.91. The van der Waals surface area contributed by atoms with E-state index >= 15 is 0 Å². The number of aliphatic carboxylic acids is 1. The topological polar surface area (TPSA) is 40.5 Å². The second-order valence-corrected chi connectivity index (χ2v) is 5.28. The summed E-state index contributed by atoms with van der Waals surface area (Å²) in [5, 5.41) is 8.80. The molecule has 0 spiro atoms. The van der Waals surface area contributed by atoms with Gasteiger partial charge in [-0.15, -0.1) is 0 Å². The Hall–Kier alpha value is -2.13. The molecule has 3 nitrogen and oxygen atoms in total. The van der Waals surface area contributed by atoms with Crippen LogP contribution in [0.5, 0.6) is 0 Å². The monoisotopic (exact) mass is 283 g/mol. The summed E-state index contributed by atoms with van der Waals surface area (Å²) in [7, 11) is 1.97. The number of carboxylic acid groups (broad SMARTS) is 1. The fraction of sp³-hybridized carbons (Fsp3) is 0.278. The van der Waals surface area contributed by atoms with Gasteiger partial charge in [0.05, 0.1) is 6.42 Å². The van der Waals surface area contributed by atoms with Crippen LogP contribution in [-0.4, -0.2) is 36.1 Å². The first-order chi connectivity index (χ1) is 10.2. The summed E-state index contributed by atoms with van der Waals surface area (Å²) in [6, 6.07) is 20.7. The van der Waals surface area contributed by atoms with Crippen LogP contribution in [0.3, 0.4) is 0 Å². The first kappa shape index (κ1) is 15.3. The molecule has 0 aliphatic carbocycles. The van der Waals surface area contributed by atoms with Gasteiger partial charge in [-0.25, -0.2) is 0 Å². The molecule has 0 atom stereocenters. The molecule has 0 bridgehead atoms. The average Bonchev–Trinajstić information content (AvgIpc) is 2.52. The predicted octanol–water partition coefficient (Wildman–Crippen LogP) is 3.23. The highest BCUT2D eigenvalue weighted by atomic mass is 16.4. The molecule has 1 N–H and O–H groups in total. The van der Waals surface area contributed by atoms with Gasteiger partial charge in [0, 0.05) is 19.0 Å². The van der Waals surface area contributed by atoms with Crippen LogP contribution in [0.15, 0.2) is 60.7 Å². The van der Waals surface area contributed by atoms with Gasteiger partial charge < -0.3 is 10.0 Å². The summed E-state index contributed by atoms with van der Waals surface area (Å²) >= 11 is 0. The van der Waals surface area contributed by atoms with E-state index in [9.17, 15) is 4.79 Å². The molecule has 0 fully saturated rings. The lowest BCUT2D eigenvalue weighted by Gasteiger charge is -2.24. The van der Waals surface area contributed by atoms with Gasteiger partial charge in [-0.3, -0.25) is 4.79 Å². The molecule has 0 radical (unpaired) electrons. The quantitative estimate of drug-likeness (QED) is 0.848. The standard InChI is InChI=1S/C18H21NO2/c1-19(13-12-18(20)21)14-17(15-8-4-2-5-9-15)16-10-6-3-7-11-16/h2-11,17H,12-14H2,1H3,(H,20,21). The number of carbonyl (C=O) groups is 1. The van der Waals surface area contributed by atoms with Gasteiger partial charge in [-0.2, -0.15) is 0 Å². The molecule has 0 saturated carbocycles. The molecule has 0 heterocycles. The van der Waals surface area contributed by atoms with E-state index in [0.29, 0.717) is 6.54 Å². The molecule has 2 aromatic carbocycles. The first-order valence-electron chi connectivity index (χ1n) is 7.17. The Morgan fingerprint density at radius 3 is 1.90 bits per heavy atom. The second kappa shape index (κ2) is 7.60. The van der Waals surface area contributed by atoms with Gasteiger partial charge in [0.25, 0.3) is 0 Å². The van der Waals surface area contributed by atoms with Gasteiger partial charge in [-0.1, -0.05) is 60.7 Å². The van der Waals surface area contributed by atoms with Crippen LogP contribution in [-0.2, 0) is 4.79 Å². The zero-order chi connectivity index (χ0) is 15.1. The molecule has 3 heteroatoms. The highest BCUT2D eigenvalue weighted by Crippen LogP contribution is 2.25. The van der Waals surface area contributed by atoms with Crippen LogP contribution in [0.1, 0.15) is 23.5 Å². The molecule has 21 heavy (non-hydrogen) atoms. The fourth-order valence-electron chi connectivity index (χ4n) is 2.46. The Kier molecular flexibility index (Phi) is 5.52. The predicted molar refractivity (Wildman–Crippen MR) is 84.5 cm³/mol. The Bertz CT molecular complexity index is 514.